The largest absolute Gasteiger partial charge is 0.465 e. The first-order valence-corrected chi connectivity index (χ1v) is 5.71. The molecule has 1 N–H and O–H groups in total. The monoisotopic (exact) mass is 225 g/mol. The van der Waals surface area contributed by atoms with E-state index in [0.29, 0.717) is 19.6 Å². The van der Waals surface area contributed by atoms with Gasteiger partial charge in [0.15, 0.2) is 5.41 Å². The van der Waals surface area contributed by atoms with Crippen LogP contribution in [0.25, 0.3) is 0 Å². The third kappa shape index (κ3) is 2.10. The van der Waals surface area contributed by atoms with Crippen molar-refractivity contribution < 1.29 is 14.3 Å². The first-order chi connectivity index (χ1) is 7.63. The van der Waals surface area contributed by atoms with Gasteiger partial charge in [-0.25, -0.2) is 0 Å². The first kappa shape index (κ1) is 12.7. The summed E-state index contributed by atoms with van der Waals surface area (Å²) in [6.07, 6.45) is 3.02. The molecule has 1 aliphatic rings. The predicted molar refractivity (Wildman–Crippen MR) is 60.7 cm³/mol. The summed E-state index contributed by atoms with van der Waals surface area (Å²) in [5.74, 6) is -0.727. The number of esters is 1. The second-order valence-corrected chi connectivity index (χ2v) is 3.99. The Morgan fingerprint density at radius 3 is 2.69 bits per heavy atom. The van der Waals surface area contributed by atoms with Crippen molar-refractivity contribution in [3.05, 3.63) is 12.7 Å². The average Bonchev–Trinajstić information content (AvgIpc) is 3.02. The molecule has 2 unspecified atom stereocenters. The summed E-state index contributed by atoms with van der Waals surface area (Å²) >= 11 is 0. The lowest BCUT2D eigenvalue weighted by molar-refractivity contribution is -0.154. The fourth-order valence-electron chi connectivity index (χ4n) is 1.82. The molecule has 1 aliphatic carbocycles. The van der Waals surface area contributed by atoms with Gasteiger partial charge in [0.05, 0.1) is 6.61 Å². The minimum atomic E-state index is -0.993. The van der Waals surface area contributed by atoms with Crippen LogP contribution in [-0.4, -0.2) is 25.0 Å². The Kier molecular flexibility index (Phi) is 4.10. The van der Waals surface area contributed by atoms with Gasteiger partial charge in [-0.3, -0.25) is 9.59 Å². The summed E-state index contributed by atoms with van der Waals surface area (Å²) in [6, 6.07) is 0. The second-order valence-electron chi connectivity index (χ2n) is 3.99. The molecule has 0 aromatic rings. The molecule has 4 nitrogen and oxygen atoms in total. The molecule has 2 atom stereocenters. The quantitative estimate of drug-likeness (QED) is 0.421. The highest BCUT2D eigenvalue weighted by Gasteiger charge is 2.65. The number of amides is 1. The van der Waals surface area contributed by atoms with Crippen molar-refractivity contribution in [1.82, 2.24) is 5.32 Å². The minimum absolute atomic E-state index is 0.0802. The Morgan fingerprint density at radius 1 is 1.56 bits per heavy atom. The van der Waals surface area contributed by atoms with Crippen LogP contribution in [0.15, 0.2) is 12.7 Å². The summed E-state index contributed by atoms with van der Waals surface area (Å²) in [4.78, 5) is 23.7. The first-order valence-electron chi connectivity index (χ1n) is 5.71. The lowest BCUT2D eigenvalue weighted by Gasteiger charge is -2.14. The Labute approximate surface area is 96.0 Å². The molecule has 0 aliphatic heterocycles. The fourth-order valence-corrected chi connectivity index (χ4v) is 1.82. The number of nitrogens with one attached hydrogen (secondary N) is 1. The van der Waals surface area contributed by atoms with Gasteiger partial charge < -0.3 is 10.1 Å². The van der Waals surface area contributed by atoms with E-state index in [1.807, 2.05) is 6.92 Å². The van der Waals surface area contributed by atoms with Crippen LogP contribution < -0.4 is 5.32 Å². The second kappa shape index (κ2) is 5.14. The molecule has 0 bridgehead atoms. The number of carbonyl (C=O) groups is 2. The van der Waals surface area contributed by atoms with Gasteiger partial charge in [-0.05, 0) is 19.8 Å². The van der Waals surface area contributed by atoms with Crippen LogP contribution in [0.1, 0.15) is 26.7 Å². The van der Waals surface area contributed by atoms with E-state index in [4.69, 9.17) is 4.74 Å². The minimum Gasteiger partial charge on any atom is -0.465 e. The number of carbonyl (C=O) groups excluding carboxylic acids is 2. The molecule has 90 valence electrons. The van der Waals surface area contributed by atoms with Gasteiger partial charge in [-0.15, -0.1) is 6.58 Å². The maximum atomic E-state index is 11.9. The smallest absolute Gasteiger partial charge is 0.322 e. The molecule has 0 aromatic carbocycles. The number of rotatable bonds is 6. The van der Waals surface area contributed by atoms with Gasteiger partial charge in [0.1, 0.15) is 0 Å². The van der Waals surface area contributed by atoms with Crippen molar-refractivity contribution in [2.75, 3.05) is 13.2 Å². The van der Waals surface area contributed by atoms with Crippen LogP contribution in [0.3, 0.4) is 0 Å². The van der Waals surface area contributed by atoms with Gasteiger partial charge in [0, 0.05) is 12.5 Å². The number of hydrogen-bond acceptors (Lipinski definition) is 3. The highest BCUT2D eigenvalue weighted by molar-refractivity contribution is 6.06. The lowest BCUT2D eigenvalue weighted by atomic mass is 10.0. The van der Waals surface area contributed by atoms with Crippen LogP contribution in [0.4, 0.5) is 0 Å². The fraction of sp³-hybridized carbons (Fsp3) is 0.667. The van der Waals surface area contributed by atoms with Crippen molar-refractivity contribution in [1.29, 1.82) is 0 Å². The van der Waals surface area contributed by atoms with Gasteiger partial charge in [-0.1, -0.05) is 13.0 Å². The molecule has 4 heteroatoms. The van der Waals surface area contributed by atoms with E-state index >= 15 is 0 Å². The Hall–Kier alpha value is -1.32. The summed E-state index contributed by atoms with van der Waals surface area (Å²) in [6.45, 7) is 8.22. The van der Waals surface area contributed by atoms with Crippen LogP contribution in [0.2, 0.25) is 0 Å². The summed E-state index contributed by atoms with van der Waals surface area (Å²) in [7, 11) is 0. The molecule has 1 amide bonds. The third-order valence-electron chi connectivity index (χ3n) is 2.88. The van der Waals surface area contributed by atoms with Crippen LogP contribution >= 0.6 is 0 Å². The Morgan fingerprint density at radius 2 is 2.25 bits per heavy atom. The molecule has 0 heterocycles. The van der Waals surface area contributed by atoms with Crippen LogP contribution in [-0.2, 0) is 14.3 Å². The Balaban J connectivity index is 2.71. The zero-order valence-corrected chi connectivity index (χ0v) is 9.91. The van der Waals surface area contributed by atoms with Crippen LogP contribution in [0.5, 0.6) is 0 Å². The standard InChI is InChI=1S/C12H19NO3/c1-4-7-13-10(14)12(8-9(12)5-2)11(15)16-6-3/h5,9H,2,4,6-8H2,1,3H3,(H,13,14). The van der Waals surface area contributed by atoms with Crippen molar-refractivity contribution in [3.63, 3.8) is 0 Å². The topological polar surface area (TPSA) is 55.4 Å². The highest BCUT2D eigenvalue weighted by atomic mass is 16.5. The van der Waals surface area contributed by atoms with Gasteiger partial charge in [-0.2, -0.15) is 0 Å². The van der Waals surface area contributed by atoms with E-state index in [2.05, 4.69) is 11.9 Å². The van der Waals surface area contributed by atoms with Crippen molar-refractivity contribution in [3.8, 4) is 0 Å². The molecule has 0 saturated heterocycles. The summed E-state index contributed by atoms with van der Waals surface area (Å²) in [5, 5.41) is 2.75. The molecule has 0 spiro atoms. The molecular weight excluding hydrogens is 206 g/mol. The van der Waals surface area contributed by atoms with Crippen molar-refractivity contribution in [2.45, 2.75) is 26.7 Å². The van der Waals surface area contributed by atoms with E-state index in [1.165, 1.54) is 0 Å². The maximum absolute atomic E-state index is 11.9. The van der Waals surface area contributed by atoms with Crippen LogP contribution in [0, 0.1) is 11.3 Å². The predicted octanol–water partition coefficient (Wildman–Crippen LogP) is 1.27. The zero-order valence-electron chi connectivity index (χ0n) is 9.91. The van der Waals surface area contributed by atoms with Crippen molar-refractivity contribution >= 4 is 11.9 Å². The van der Waals surface area contributed by atoms with E-state index < -0.39 is 11.4 Å². The zero-order chi connectivity index (χ0) is 12.2. The SMILES string of the molecule is C=CC1CC1(C(=O)NCCC)C(=O)OCC. The summed E-state index contributed by atoms with van der Waals surface area (Å²) in [5.41, 5.74) is -0.993. The normalized spacial score (nSPS) is 27.0. The molecule has 1 fully saturated rings. The molecule has 16 heavy (non-hydrogen) atoms. The van der Waals surface area contributed by atoms with E-state index in [9.17, 15) is 9.59 Å². The summed E-state index contributed by atoms with van der Waals surface area (Å²) < 4.78 is 4.95. The van der Waals surface area contributed by atoms with Gasteiger partial charge in [0.25, 0.3) is 0 Å². The third-order valence-corrected chi connectivity index (χ3v) is 2.88. The molecular formula is C12H19NO3. The number of allylic oxidation sites excluding steroid dienone is 1. The molecule has 0 radical (unpaired) electrons. The van der Waals surface area contributed by atoms with Gasteiger partial charge in [0.2, 0.25) is 5.91 Å². The van der Waals surface area contributed by atoms with E-state index in [1.54, 1.807) is 13.0 Å². The maximum Gasteiger partial charge on any atom is 0.322 e. The molecule has 1 rings (SSSR count). The lowest BCUT2D eigenvalue weighted by Crippen LogP contribution is -2.39. The number of hydrogen-bond donors (Lipinski definition) is 1. The Bertz CT molecular complexity index is 301. The van der Waals surface area contributed by atoms with Gasteiger partial charge >= 0.3 is 5.97 Å². The highest BCUT2D eigenvalue weighted by Crippen LogP contribution is 2.54. The van der Waals surface area contributed by atoms with Crippen molar-refractivity contribution in [2.24, 2.45) is 11.3 Å². The molecule has 0 aromatic heterocycles. The number of ether oxygens (including phenoxy) is 1. The van der Waals surface area contributed by atoms with E-state index in [0.717, 1.165) is 6.42 Å². The molecule has 1 saturated carbocycles. The van der Waals surface area contributed by atoms with E-state index in [-0.39, 0.29) is 11.8 Å². The average molecular weight is 225 g/mol.